The molecule has 2 aromatic rings. The van der Waals surface area contributed by atoms with Crippen molar-refractivity contribution in [3.63, 3.8) is 0 Å². The van der Waals surface area contributed by atoms with E-state index in [1.807, 2.05) is 6.92 Å². The number of amides is 1. The van der Waals surface area contributed by atoms with Crippen molar-refractivity contribution >= 4 is 11.6 Å². The number of nitrogen functional groups attached to an aromatic ring is 1. The van der Waals surface area contributed by atoms with Crippen molar-refractivity contribution in [2.45, 2.75) is 19.4 Å². The van der Waals surface area contributed by atoms with E-state index in [0.29, 0.717) is 6.42 Å². The van der Waals surface area contributed by atoms with Crippen molar-refractivity contribution in [3.8, 4) is 5.75 Å². The Morgan fingerprint density at radius 3 is 2.62 bits per heavy atom. The maximum Gasteiger partial charge on any atom is 0.255 e. The number of benzene rings is 2. The molecule has 0 aliphatic carbocycles. The Hall–Kier alpha value is -2.56. The summed E-state index contributed by atoms with van der Waals surface area (Å²) in [6.45, 7) is 1.84. The fourth-order valence-corrected chi connectivity index (χ4v) is 2.07. The number of rotatable bonds is 4. The molecule has 1 atom stereocenters. The summed E-state index contributed by atoms with van der Waals surface area (Å²) in [5, 5.41) is 12.6. The molecule has 0 radical (unpaired) electrons. The smallest absolute Gasteiger partial charge is 0.255 e. The van der Waals surface area contributed by atoms with Crippen LogP contribution in [0.3, 0.4) is 0 Å². The molecule has 0 saturated carbocycles. The van der Waals surface area contributed by atoms with E-state index in [1.54, 1.807) is 18.2 Å². The summed E-state index contributed by atoms with van der Waals surface area (Å²) in [5.41, 5.74) is 6.78. The van der Waals surface area contributed by atoms with Gasteiger partial charge in [-0.25, -0.2) is 4.39 Å². The molecule has 0 fully saturated rings. The third kappa shape index (κ3) is 3.72. The lowest BCUT2D eigenvalue weighted by molar-refractivity contribution is 0.0937. The molecular formula is C16H17FN2O2. The minimum atomic E-state index is -0.394. The van der Waals surface area contributed by atoms with Crippen molar-refractivity contribution in [1.29, 1.82) is 0 Å². The van der Waals surface area contributed by atoms with Gasteiger partial charge >= 0.3 is 0 Å². The quantitative estimate of drug-likeness (QED) is 0.597. The summed E-state index contributed by atoms with van der Waals surface area (Å²) >= 11 is 0. The van der Waals surface area contributed by atoms with Crippen molar-refractivity contribution in [2.75, 3.05) is 5.73 Å². The highest BCUT2D eigenvalue weighted by atomic mass is 19.1. The molecule has 0 saturated heterocycles. The second kappa shape index (κ2) is 6.26. The minimum absolute atomic E-state index is 0.140. The molecule has 0 spiro atoms. The second-order valence-corrected chi connectivity index (χ2v) is 4.95. The Bertz CT molecular complexity index is 641. The highest BCUT2D eigenvalue weighted by Gasteiger charge is 2.15. The van der Waals surface area contributed by atoms with E-state index in [2.05, 4.69) is 5.32 Å². The monoisotopic (exact) mass is 288 g/mol. The summed E-state index contributed by atoms with van der Waals surface area (Å²) in [6.07, 6.45) is 0.565. The molecule has 4 nitrogen and oxygen atoms in total. The molecular weight excluding hydrogens is 271 g/mol. The van der Waals surface area contributed by atoms with Crippen LogP contribution in [0.25, 0.3) is 0 Å². The molecule has 21 heavy (non-hydrogen) atoms. The fraction of sp³-hybridized carbons (Fsp3) is 0.188. The van der Waals surface area contributed by atoms with E-state index >= 15 is 0 Å². The van der Waals surface area contributed by atoms with E-state index in [1.165, 1.54) is 24.3 Å². The Labute approximate surface area is 122 Å². The van der Waals surface area contributed by atoms with Gasteiger partial charge in [0.25, 0.3) is 5.91 Å². The number of nitrogens with two attached hydrogens (primary N) is 1. The SMILES string of the molecule is CC(Cc1ccc(F)cc1)NC(=O)c1cccc(N)c1O. The molecule has 5 heteroatoms. The van der Waals surface area contributed by atoms with Gasteiger partial charge in [0.1, 0.15) is 5.82 Å². The van der Waals surface area contributed by atoms with Gasteiger partial charge in [0.05, 0.1) is 11.3 Å². The third-order valence-electron chi connectivity index (χ3n) is 3.14. The number of halogens is 1. The molecule has 0 bridgehead atoms. The average Bonchev–Trinajstić information content (AvgIpc) is 2.44. The first-order valence-corrected chi connectivity index (χ1v) is 6.60. The Balaban J connectivity index is 2.02. The Morgan fingerprint density at radius 2 is 1.95 bits per heavy atom. The number of carbonyl (C=O) groups is 1. The number of nitrogens with one attached hydrogen (secondary N) is 1. The van der Waals surface area contributed by atoms with Gasteiger partial charge in [-0.3, -0.25) is 4.79 Å². The van der Waals surface area contributed by atoms with Crippen LogP contribution >= 0.6 is 0 Å². The van der Waals surface area contributed by atoms with Crippen LogP contribution in [0.5, 0.6) is 5.75 Å². The molecule has 2 rings (SSSR count). The van der Waals surface area contributed by atoms with Gasteiger partial charge in [-0.1, -0.05) is 18.2 Å². The van der Waals surface area contributed by atoms with Gasteiger partial charge in [-0.2, -0.15) is 0 Å². The maximum atomic E-state index is 12.8. The van der Waals surface area contributed by atoms with Crippen LogP contribution in [0.1, 0.15) is 22.8 Å². The minimum Gasteiger partial charge on any atom is -0.505 e. The number of phenolic OH excluding ortho intramolecular Hbond substituents is 1. The number of phenols is 1. The van der Waals surface area contributed by atoms with E-state index in [9.17, 15) is 14.3 Å². The summed E-state index contributed by atoms with van der Waals surface area (Å²) in [5.74, 6) is -0.904. The lowest BCUT2D eigenvalue weighted by atomic mass is 10.1. The zero-order valence-electron chi connectivity index (χ0n) is 11.6. The second-order valence-electron chi connectivity index (χ2n) is 4.95. The molecule has 0 heterocycles. The van der Waals surface area contributed by atoms with Gasteiger partial charge in [0.2, 0.25) is 0 Å². The first-order chi connectivity index (χ1) is 9.97. The first-order valence-electron chi connectivity index (χ1n) is 6.60. The van der Waals surface area contributed by atoms with Crippen LogP contribution in [-0.4, -0.2) is 17.1 Å². The van der Waals surface area contributed by atoms with Crippen molar-refractivity contribution in [2.24, 2.45) is 0 Å². The largest absolute Gasteiger partial charge is 0.505 e. The highest BCUT2D eigenvalue weighted by molar-refractivity contribution is 5.98. The summed E-state index contributed by atoms with van der Waals surface area (Å²) < 4.78 is 12.8. The van der Waals surface area contributed by atoms with Crippen LogP contribution in [0.15, 0.2) is 42.5 Å². The van der Waals surface area contributed by atoms with E-state index in [4.69, 9.17) is 5.73 Å². The normalized spacial score (nSPS) is 11.9. The molecule has 0 aromatic heterocycles. The molecule has 2 aromatic carbocycles. The molecule has 4 N–H and O–H groups in total. The van der Waals surface area contributed by atoms with Crippen molar-refractivity contribution < 1.29 is 14.3 Å². The van der Waals surface area contributed by atoms with Crippen LogP contribution in [0.2, 0.25) is 0 Å². The predicted molar refractivity (Wildman–Crippen MR) is 79.6 cm³/mol. The van der Waals surface area contributed by atoms with Gasteiger partial charge in [0, 0.05) is 6.04 Å². The average molecular weight is 288 g/mol. The number of anilines is 1. The van der Waals surface area contributed by atoms with Gasteiger partial charge in [-0.05, 0) is 43.2 Å². The van der Waals surface area contributed by atoms with Crippen molar-refractivity contribution in [1.82, 2.24) is 5.32 Å². The van der Waals surface area contributed by atoms with E-state index in [0.717, 1.165) is 5.56 Å². The molecule has 0 aliphatic heterocycles. The van der Waals surface area contributed by atoms with Crippen LogP contribution < -0.4 is 11.1 Å². The summed E-state index contributed by atoms with van der Waals surface area (Å²) in [4.78, 5) is 12.1. The van der Waals surface area contributed by atoms with Crippen molar-refractivity contribution in [3.05, 3.63) is 59.4 Å². The topological polar surface area (TPSA) is 75.4 Å². The van der Waals surface area contributed by atoms with Crippen LogP contribution in [-0.2, 0) is 6.42 Å². The fourth-order valence-electron chi connectivity index (χ4n) is 2.07. The predicted octanol–water partition coefficient (Wildman–Crippen LogP) is 2.47. The Morgan fingerprint density at radius 1 is 1.29 bits per heavy atom. The zero-order chi connectivity index (χ0) is 15.4. The van der Waals surface area contributed by atoms with E-state index < -0.39 is 5.91 Å². The standard InChI is InChI=1S/C16H17FN2O2/c1-10(9-11-5-7-12(17)8-6-11)19-16(21)13-3-2-4-14(18)15(13)20/h2-8,10,20H,9,18H2,1H3,(H,19,21). The number of carbonyl (C=O) groups excluding carboxylic acids is 1. The van der Waals surface area contributed by atoms with Crippen LogP contribution in [0.4, 0.5) is 10.1 Å². The Kier molecular flexibility index (Phi) is 4.42. The van der Waals surface area contributed by atoms with Gasteiger partial charge in [-0.15, -0.1) is 0 Å². The van der Waals surface area contributed by atoms with Gasteiger partial charge in [0.15, 0.2) is 5.75 Å². The number of hydrogen-bond donors (Lipinski definition) is 3. The zero-order valence-corrected chi connectivity index (χ0v) is 11.6. The number of aromatic hydroxyl groups is 1. The lowest BCUT2D eigenvalue weighted by Crippen LogP contribution is -2.34. The highest BCUT2D eigenvalue weighted by Crippen LogP contribution is 2.24. The first kappa shape index (κ1) is 14.8. The number of hydrogen-bond acceptors (Lipinski definition) is 3. The molecule has 1 amide bonds. The van der Waals surface area contributed by atoms with Crippen LogP contribution in [0, 0.1) is 5.82 Å². The molecule has 1 unspecified atom stereocenters. The lowest BCUT2D eigenvalue weighted by Gasteiger charge is -2.15. The number of para-hydroxylation sites is 1. The molecule has 110 valence electrons. The van der Waals surface area contributed by atoms with Gasteiger partial charge < -0.3 is 16.2 Å². The third-order valence-corrected chi connectivity index (χ3v) is 3.14. The van der Waals surface area contributed by atoms with E-state index in [-0.39, 0.29) is 28.9 Å². The summed E-state index contributed by atoms with van der Waals surface area (Å²) in [6, 6.07) is 10.6. The summed E-state index contributed by atoms with van der Waals surface area (Å²) in [7, 11) is 0. The maximum absolute atomic E-state index is 12.8. The molecule has 0 aliphatic rings.